The van der Waals surface area contributed by atoms with E-state index in [4.69, 9.17) is 0 Å². The molecule has 2 heteroatoms. The summed E-state index contributed by atoms with van der Waals surface area (Å²) in [6, 6.07) is 0. The quantitative estimate of drug-likeness (QED) is 0.422. The van der Waals surface area contributed by atoms with Gasteiger partial charge in [-0.15, -0.1) is 11.8 Å². The second-order valence-electron chi connectivity index (χ2n) is 6.78. The number of alkyl halides is 1. The predicted octanol–water partition coefficient (Wildman–Crippen LogP) is 5.85. The second kappa shape index (κ2) is 5.68. The van der Waals surface area contributed by atoms with Crippen LogP contribution in [-0.2, 0) is 0 Å². The van der Waals surface area contributed by atoms with Crippen LogP contribution in [0.1, 0.15) is 44.9 Å². The fraction of sp³-hybridized carbons (Fsp3) is 0.667. The monoisotopic (exact) mass is 350 g/mol. The molecule has 0 aromatic rings. The van der Waals surface area contributed by atoms with Crippen LogP contribution < -0.4 is 0 Å². The Kier molecular flexibility index (Phi) is 3.89. The Hall–Kier alpha value is 0.0500. The summed E-state index contributed by atoms with van der Waals surface area (Å²) in [4.78, 5) is 2.27. The molecular weight excluding hydrogens is 328 g/mol. The molecule has 0 aromatic carbocycles. The Morgan fingerprint density at radius 1 is 1.00 bits per heavy atom. The summed E-state index contributed by atoms with van der Waals surface area (Å²) in [5.41, 5.74) is 1.74. The first-order valence-corrected chi connectivity index (χ1v) is 10.0. The van der Waals surface area contributed by atoms with Crippen LogP contribution in [0.4, 0.5) is 0 Å². The summed E-state index contributed by atoms with van der Waals surface area (Å²) in [5, 5.41) is 0.911. The van der Waals surface area contributed by atoms with E-state index in [0.717, 1.165) is 23.0 Å². The molecule has 0 aromatic heterocycles. The molecule has 0 amide bonds. The normalized spacial score (nSPS) is 43.5. The molecule has 2 fully saturated rings. The first kappa shape index (κ1) is 13.7. The maximum Gasteiger partial charge on any atom is 0.0325 e. The average molecular weight is 351 g/mol. The van der Waals surface area contributed by atoms with Crippen molar-refractivity contribution in [2.45, 2.75) is 55.0 Å². The number of hydrogen-bond donors (Lipinski definition) is 0. The Morgan fingerprint density at radius 3 is 2.75 bits per heavy atom. The highest BCUT2D eigenvalue weighted by Crippen LogP contribution is 2.54. The van der Waals surface area contributed by atoms with Crippen LogP contribution in [0, 0.1) is 17.8 Å². The van der Waals surface area contributed by atoms with Gasteiger partial charge in [-0.1, -0.05) is 53.1 Å². The third-order valence-electron chi connectivity index (χ3n) is 5.53. The van der Waals surface area contributed by atoms with Crippen molar-refractivity contribution in [1.29, 1.82) is 0 Å². The summed E-state index contributed by atoms with van der Waals surface area (Å²) in [6.07, 6.45) is 19.8. The molecule has 0 N–H and O–H groups in total. The van der Waals surface area contributed by atoms with Gasteiger partial charge < -0.3 is 0 Å². The molecule has 0 bridgehead atoms. The van der Waals surface area contributed by atoms with Crippen LogP contribution in [-0.4, -0.2) is 10.1 Å². The molecule has 5 unspecified atom stereocenters. The van der Waals surface area contributed by atoms with Crippen molar-refractivity contribution in [2.24, 2.45) is 17.8 Å². The summed E-state index contributed by atoms with van der Waals surface area (Å²) in [7, 11) is 0. The van der Waals surface area contributed by atoms with Gasteiger partial charge in [0.15, 0.2) is 0 Å². The lowest BCUT2D eigenvalue weighted by Crippen LogP contribution is -2.21. The van der Waals surface area contributed by atoms with Gasteiger partial charge in [-0.25, -0.2) is 0 Å². The van der Waals surface area contributed by atoms with Gasteiger partial charge in [0.05, 0.1) is 0 Å². The van der Waals surface area contributed by atoms with Gasteiger partial charge in [-0.3, -0.25) is 0 Å². The van der Waals surface area contributed by atoms with Crippen LogP contribution in [0.15, 0.2) is 34.8 Å². The second-order valence-corrected chi connectivity index (χ2v) is 9.24. The van der Waals surface area contributed by atoms with E-state index in [1.165, 1.54) is 44.9 Å². The van der Waals surface area contributed by atoms with Gasteiger partial charge in [0.2, 0.25) is 0 Å². The van der Waals surface area contributed by atoms with Crippen molar-refractivity contribution in [1.82, 2.24) is 0 Å². The molecule has 1 heterocycles. The molecule has 108 valence electrons. The molecule has 3 aliphatic carbocycles. The van der Waals surface area contributed by atoms with E-state index >= 15 is 0 Å². The number of hydrogen-bond acceptors (Lipinski definition) is 1. The van der Waals surface area contributed by atoms with E-state index in [-0.39, 0.29) is 0 Å². The summed E-state index contributed by atoms with van der Waals surface area (Å²) in [6.45, 7) is 0. The van der Waals surface area contributed by atoms with Crippen molar-refractivity contribution >= 4 is 27.7 Å². The summed E-state index contributed by atoms with van der Waals surface area (Å²) < 4.78 is 0. The fourth-order valence-electron chi connectivity index (χ4n) is 4.38. The highest BCUT2D eigenvalue weighted by Gasteiger charge is 2.39. The molecule has 0 nitrogen and oxygen atoms in total. The van der Waals surface area contributed by atoms with Crippen molar-refractivity contribution in [2.75, 3.05) is 0 Å². The van der Waals surface area contributed by atoms with E-state index in [0.29, 0.717) is 4.83 Å². The molecule has 1 aliphatic heterocycles. The number of thioether (sulfide) groups is 1. The van der Waals surface area contributed by atoms with Gasteiger partial charge in [0.25, 0.3) is 0 Å². The Morgan fingerprint density at radius 2 is 1.90 bits per heavy atom. The van der Waals surface area contributed by atoms with Crippen LogP contribution in [0.3, 0.4) is 0 Å². The van der Waals surface area contributed by atoms with E-state index in [2.05, 4.69) is 52.0 Å². The molecular formula is C18H23BrS. The number of fused-ring (bicyclic) bond motifs is 3. The van der Waals surface area contributed by atoms with Gasteiger partial charge in [0, 0.05) is 15.0 Å². The Labute approximate surface area is 135 Å². The summed E-state index contributed by atoms with van der Waals surface area (Å²) >= 11 is 5.91. The molecule has 20 heavy (non-hydrogen) atoms. The van der Waals surface area contributed by atoms with Gasteiger partial charge in [-0.05, 0) is 55.4 Å². The third kappa shape index (κ3) is 2.47. The third-order valence-corrected chi connectivity index (χ3v) is 7.81. The molecule has 1 saturated carbocycles. The molecule has 0 spiro atoms. The zero-order valence-electron chi connectivity index (χ0n) is 11.9. The van der Waals surface area contributed by atoms with E-state index < -0.39 is 0 Å². The smallest absolute Gasteiger partial charge is 0.0325 e. The lowest BCUT2D eigenvalue weighted by atomic mass is 9.75. The van der Waals surface area contributed by atoms with E-state index in [1.807, 2.05) is 0 Å². The zero-order chi connectivity index (χ0) is 13.5. The van der Waals surface area contributed by atoms with E-state index in [1.54, 1.807) is 10.5 Å². The lowest BCUT2D eigenvalue weighted by Gasteiger charge is -2.30. The van der Waals surface area contributed by atoms with E-state index in [9.17, 15) is 0 Å². The van der Waals surface area contributed by atoms with Crippen molar-refractivity contribution in [3.63, 3.8) is 0 Å². The minimum atomic E-state index is 0.617. The average Bonchev–Trinajstić information content (AvgIpc) is 2.86. The van der Waals surface area contributed by atoms with Crippen LogP contribution >= 0.6 is 27.7 Å². The van der Waals surface area contributed by atoms with Crippen LogP contribution in [0.25, 0.3) is 0 Å². The maximum atomic E-state index is 3.71. The van der Waals surface area contributed by atoms with Crippen LogP contribution in [0.5, 0.6) is 0 Å². The van der Waals surface area contributed by atoms with Crippen molar-refractivity contribution in [3.8, 4) is 0 Å². The van der Waals surface area contributed by atoms with Crippen molar-refractivity contribution in [3.05, 3.63) is 34.8 Å². The summed E-state index contributed by atoms with van der Waals surface area (Å²) in [5.74, 6) is 2.44. The minimum absolute atomic E-state index is 0.617. The van der Waals surface area contributed by atoms with Crippen LogP contribution in [0.2, 0.25) is 0 Å². The Balaban J connectivity index is 1.55. The first-order valence-electron chi connectivity index (χ1n) is 8.22. The molecule has 0 radical (unpaired) electrons. The number of allylic oxidation sites excluding steroid dienone is 5. The van der Waals surface area contributed by atoms with Crippen molar-refractivity contribution < 1.29 is 0 Å². The maximum absolute atomic E-state index is 3.71. The van der Waals surface area contributed by atoms with Gasteiger partial charge >= 0.3 is 0 Å². The Bertz CT molecular complexity index is 476. The molecule has 4 rings (SSSR count). The molecule has 5 atom stereocenters. The first-order chi connectivity index (χ1) is 9.81. The SMILES string of the molecule is BrC1C=CC(C2C=C3C(=CC2)SC2CCCCC32)CC1. The van der Waals surface area contributed by atoms with Gasteiger partial charge in [0.1, 0.15) is 0 Å². The highest BCUT2D eigenvalue weighted by molar-refractivity contribution is 9.09. The molecule has 4 aliphatic rings. The topological polar surface area (TPSA) is 0 Å². The zero-order valence-corrected chi connectivity index (χ0v) is 14.3. The minimum Gasteiger partial charge on any atom is -0.122 e. The number of halogens is 1. The number of rotatable bonds is 1. The lowest BCUT2D eigenvalue weighted by molar-refractivity contribution is 0.401. The van der Waals surface area contributed by atoms with Gasteiger partial charge in [-0.2, -0.15) is 0 Å². The molecule has 1 saturated heterocycles. The fourth-order valence-corrected chi connectivity index (χ4v) is 6.43. The predicted molar refractivity (Wildman–Crippen MR) is 92.2 cm³/mol. The standard InChI is InChI=1S/C18H23BrS/c19-14-8-5-12(6-9-14)13-7-10-18-16(11-13)15-3-1-2-4-17(15)20-18/h5,8,10-15,17H,1-4,6-7,9H2. The largest absolute Gasteiger partial charge is 0.122 e. The highest BCUT2D eigenvalue weighted by atomic mass is 79.9.